The SMILES string of the molecule is Cc1cccc(C(=O)OC2CCO2)c1.O=S(=O)(O)Cl. The average molecular weight is 309 g/mol. The number of carbonyl (C=O) groups is 1. The highest BCUT2D eigenvalue weighted by Crippen LogP contribution is 2.15. The second-order valence-corrected chi connectivity index (χ2v) is 5.77. The van der Waals surface area contributed by atoms with Gasteiger partial charge in [0.1, 0.15) is 0 Å². The zero-order chi connectivity index (χ0) is 14.5. The lowest BCUT2D eigenvalue weighted by molar-refractivity contribution is -0.184. The minimum Gasteiger partial charge on any atom is -0.432 e. The van der Waals surface area contributed by atoms with Crippen molar-refractivity contribution in [1.82, 2.24) is 0 Å². The van der Waals surface area contributed by atoms with Crippen molar-refractivity contribution in [3.63, 3.8) is 0 Å². The highest BCUT2D eigenvalue weighted by atomic mass is 35.7. The molecule has 1 aromatic carbocycles. The first-order valence-corrected chi connectivity index (χ1v) is 7.58. The summed E-state index contributed by atoms with van der Waals surface area (Å²) in [4.78, 5) is 11.5. The second kappa shape index (κ2) is 6.85. The number of rotatable bonds is 2. The third-order valence-electron chi connectivity index (χ3n) is 2.15. The summed E-state index contributed by atoms with van der Waals surface area (Å²) in [5.74, 6) is -0.307. The summed E-state index contributed by atoms with van der Waals surface area (Å²) in [5.41, 5.74) is 1.63. The number of hydrogen-bond donors (Lipinski definition) is 1. The molecule has 1 aliphatic rings. The van der Waals surface area contributed by atoms with Gasteiger partial charge in [0.25, 0.3) is 0 Å². The Labute approximate surface area is 115 Å². The molecule has 1 saturated heterocycles. The van der Waals surface area contributed by atoms with E-state index in [4.69, 9.17) is 22.4 Å². The fourth-order valence-electron chi connectivity index (χ4n) is 1.27. The molecule has 0 bridgehead atoms. The van der Waals surface area contributed by atoms with Gasteiger partial charge >= 0.3 is 15.3 Å². The Morgan fingerprint density at radius 1 is 1.53 bits per heavy atom. The van der Waals surface area contributed by atoms with Crippen LogP contribution in [0.3, 0.4) is 0 Å². The van der Waals surface area contributed by atoms with E-state index in [2.05, 4.69) is 10.7 Å². The fraction of sp³-hybridized carbons (Fsp3) is 0.364. The lowest BCUT2D eigenvalue weighted by atomic mass is 10.1. The number of esters is 1. The number of carbonyl (C=O) groups excluding carboxylic acids is 1. The first-order chi connectivity index (χ1) is 8.75. The van der Waals surface area contributed by atoms with E-state index in [1.807, 2.05) is 19.1 Å². The Bertz CT molecular complexity index is 530. The molecule has 0 aromatic heterocycles. The van der Waals surface area contributed by atoms with Crippen LogP contribution in [0.15, 0.2) is 24.3 Å². The summed E-state index contributed by atoms with van der Waals surface area (Å²) in [7, 11) is -0.137. The van der Waals surface area contributed by atoms with Gasteiger partial charge in [-0.25, -0.2) is 4.79 Å². The normalized spacial score (nSPS) is 17.7. The predicted molar refractivity (Wildman–Crippen MR) is 68.4 cm³/mol. The maximum atomic E-state index is 11.5. The van der Waals surface area contributed by atoms with Gasteiger partial charge in [-0.05, 0) is 19.1 Å². The molecule has 0 amide bonds. The molecule has 0 saturated carbocycles. The van der Waals surface area contributed by atoms with Gasteiger partial charge in [0.2, 0.25) is 6.29 Å². The smallest absolute Gasteiger partial charge is 0.353 e. The molecule has 0 radical (unpaired) electrons. The Hall–Kier alpha value is -1.15. The highest BCUT2D eigenvalue weighted by molar-refractivity contribution is 8.09. The predicted octanol–water partition coefficient (Wildman–Crippen LogP) is 1.93. The van der Waals surface area contributed by atoms with Crippen LogP contribution in [0, 0.1) is 6.92 Å². The molecule has 0 spiro atoms. The molecule has 0 aliphatic carbocycles. The van der Waals surface area contributed by atoms with Crippen molar-refractivity contribution in [2.45, 2.75) is 19.6 Å². The first-order valence-electron chi connectivity index (χ1n) is 5.32. The maximum absolute atomic E-state index is 11.5. The van der Waals surface area contributed by atoms with Gasteiger partial charge < -0.3 is 9.47 Å². The molecule has 2 rings (SSSR count). The van der Waals surface area contributed by atoms with E-state index in [1.165, 1.54) is 0 Å². The lowest BCUT2D eigenvalue weighted by Crippen LogP contribution is -2.31. The van der Waals surface area contributed by atoms with Crippen molar-refractivity contribution in [3.05, 3.63) is 35.4 Å². The van der Waals surface area contributed by atoms with Crippen LogP contribution >= 0.6 is 10.7 Å². The highest BCUT2D eigenvalue weighted by Gasteiger charge is 2.22. The van der Waals surface area contributed by atoms with E-state index in [1.54, 1.807) is 12.1 Å². The lowest BCUT2D eigenvalue weighted by Gasteiger charge is -2.25. The standard InChI is InChI=1S/C11H12O3.ClHO3S/c1-8-3-2-4-9(7-8)11(12)14-10-5-6-13-10;1-5(2,3)4/h2-4,7,10H,5-6H2,1H3;(H,2,3,4). The summed E-state index contributed by atoms with van der Waals surface area (Å²) in [6.45, 7) is 2.63. The topological polar surface area (TPSA) is 89.9 Å². The Morgan fingerprint density at radius 2 is 2.11 bits per heavy atom. The van der Waals surface area contributed by atoms with Crippen molar-refractivity contribution in [2.24, 2.45) is 0 Å². The van der Waals surface area contributed by atoms with E-state index in [-0.39, 0.29) is 12.3 Å². The Kier molecular flexibility index (Phi) is 5.74. The molecular weight excluding hydrogens is 296 g/mol. The van der Waals surface area contributed by atoms with Crippen LogP contribution in [0.5, 0.6) is 0 Å². The number of hydrogen-bond acceptors (Lipinski definition) is 5. The summed E-state index contributed by atoms with van der Waals surface area (Å²) in [6.07, 6.45) is 0.473. The van der Waals surface area contributed by atoms with Gasteiger partial charge in [-0.15, -0.1) is 0 Å². The van der Waals surface area contributed by atoms with Crippen molar-refractivity contribution in [2.75, 3.05) is 6.61 Å². The molecule has 1 fully saturated rings. The zero-order valence-corrected chi connectivity index (χ0v) is 11.6. The van der Waals surface area contributed by atoms with Gasteiger partial charge in [-0.2, -0.15) is 8.42 Å². The van der Waals surface area contributed by atoms with Crippen LogP contribution in [0.1, 0.15) is 22.3 Å². The monoisotopic (exact) mass is 308 g/mol. The van der Waals surface area contributed by atoms with Gasteiger partial charge in [0.05, 0.1) is 12.2 Å². The van der Waals surface area contributed by atoms with Crippen LogP contribution in [0.25, 0.3) is 0 Å². The fourth-order valence-corrected chi connectivity index (χ4v) is 1.27. The van der Waals surface area contributed by atoms with E-state index in [0.717, 1.165) is 12.0 Å². The minimum absolute atomic E-state index is 0.307. The molecule has 1 aliphatic heterocycles. The van der Waals surface area contributed by atoms with Crippen LogP contribution in [0.4, 0.5) is 0 Å². The van der Waals surface area contributed by atoms with Gasteiger partial charge in [0.15, 0.2) is 0 Å². The molecule has 1 atom stereocenters. The molecule has 1 unspecified atom stereocenters. The Morgan fingerprint density at radius 3 is 2.53 bits per heavy atom. The maximum Gasteiger partial charge on any atom is 0.353 e. The van der Waals surface area contributed by atoms with Crippen molar-refractivity contribution in [1.29, 1.82) is 0 Å². The number of aryl methyl sites for hydroxylation is 1. The minimum atomic E-state index is -4.19. The summed E-state index contributed by atoms with van der Waals surface area (Å²) in [5, 5.41) is 0. The van der Waals surface area contributed by atoms with Crippen molar-refractivity contribution >= 4 is 26.0 Å². The first kappa shape index (κ1) is 15.9. The van der Waals surface area contributed by atoms with E-state index < -0.39 is 9.33 Å². The van der Waals surface area contributed by atoms with Gasteiger partial charge in [-0.3, -0.25) is 4.55 Å². The molecule has 6 nitrogen and oxygen atoms in total. The number of halogens is 1. The largest absolute Gasteiger partial charge is 0.432 e. The zero-order valence-electron chi connectivity index (χ0n) is 10.1. The molecule has 19 heavy (non-hydrogen) atoms. The van der Waals surface area contributed by atoms with Crippen molar-refractivity contribution < 1.29 is 27.2 Å². The van der Waals surface area contributed by atoms with Crippen LogP contribution in [0.2, 0.25) is 0 Å². The molecule has 1 heterocycles. The Balaban J connectivity index is 0.000000312. The van der Waals surface area contributed by atoms with Crippen molar-refractivity contribution in [3.8, 4) is 0 Å². The summed E-state index contributed by atoms with van der Waals surface area (Å²) in [6, 6.07) is 7.33. The second-order valence-electron chi connectivity index (χ2n) is 3.78. The van der Waals surface area contributed by atoms with Gasteiger partial charge in [0, 0.05) is 17.1 Å². The average Bonchev–Trinajstić information content (AvgIpc) is 2.21. The third kappa shape index (κ3) is 7.12. The van der Waals surface area contributed by atoms with Crippen LogP contribution in [-0.2, 0) is 18.8 Å². The quantitative estimate of drug-likeness (QED) is 0.510. The van der Waals surface area contributed by atoms with E-state index >= 15 is 0 Å². The molecule has 1 aromatic rings. The molecule has 106 valence electrons. The molecule has 8 heteroatoms. The summed E-state index contributed by atoms with van der Waals surface area (Å²) < 4.78 is 35.2. The van der Waals surface area contributed by atoms with E-state index in [0.29, 0.717) is 12.2 Å². The molecular formula is C11H13ClO6S. The molecule has 1 N–H and O–H groups in total. The van der Waals surface area contributed by atoms with Crippen LogP contribution in [-0.4, -0.2) is 31.8 Å². The van der Waals surface area contributed by atoms with Crippen LogP contribution < -0.4 is 0 Å². The van der Waals surface area contributed by atoms with E-state index in [9.17, 15) is 4.79 Å². The van der Waals surface area contributed by atoms with Gasteiger partial charge in [-0.1, -0.05) is 17.7 Å². The number of ether oxygens (including phenoxy) is 2. The summed E-state index contributed by atoms with van der Waals surface area (Å²) >= 11 is 0. The third-order valence-corrected chi connectivity index (χ3v) is 2.15. The number of benzene rings is 1.